The van der Waals surface area contributed by atoms with Gasteiger partial charge in [-0.25, -0.2) is 9.78 Å². The molecule has 1 aliphatic rings. The fourth-order valence-electron chi connectivity index (χ4n) is 3.62. The van der Waals surface area contributed by atoms with Crippen LogP contribution in [0.4, 0.5) is 4.79 Å². The van der Waals surface area contributed by atoms with Gasteiger partial charge in [0.1, 0.15) is 29.6 Å². The highest BCUT2D eigenvalue weighted by Gasteiger charge is 2.31. The summed E-state index contributed by atoms with van der Waals surface area (Å²) < 4.78 is 17.7. The van der Waals surface area contributed by atoms with Crippen LogP contribution in [0.25, 0.3) is 22.2 Å². The van der Waals surface area contributed by atoms with Crippen LogP contribution < -0.4 is 4.74 Å². The van der Waals surface area contributed by atoms with E-state index in [4.69, 9.17) is 14.2 Å². The number of nitrogens with one attached hydrogen (secondary N) is 1. The first kappa shape index (κ1) is 21.1. The van der Waals surface area contributed by atoms with Crippen LogP contribution in [0.2, 0.25) is 0 Å². The molecule has 31 heavy (non-hydrogen) atoms. The lowest BCUT2D eigenvalue weighted by Gasteiger charge is -2.37. The summed E-state index contributed by atoms with van der Waals surface area (Å²) in [5.41, 5.74) is 2.92. The van der Waals surface area contributed by atoms with Gasteiger partial charge in [-0.05, 0) is 57.0 Å². The van der Waals surface area contributed by atoms with Gasteiger partial charge in [-0.15, -0.1) is 0 Å². The summed E-state index contributed by atoms with van der Waals surface area (Å²) >= 11 is 0. The van der Waals surface area contributed by atoms with Gasteiger partial charge < -0.3 is 24.1 Å². The van der Waals surface area contributed by atoms with Crippen LogP contribution in [0, 0.1) is 0 Å². The molecular formula is C23H28N4O4. The second-order valence-corrected chi connectivity index (χ2v) is 8.76. The van der Waals surface area contributed by atoms with Gasteiger partial charge in [0.15, 0.2) is 0 Å². The molecule has 1 fully saturated rings. The number of fused-ring (bicyclic) bond motifs is 1. The van der Waals surface area contributed by atoms with E-state index in [0.29, 0.717) is 24.4 Å². The topological polar surface area (TPSA) is 89.6 Å². The number of aromatic nitrogens is 3. The lowest BCUT2D eigenvalue weighted by molar-refractivity contribution is -0.0922. The van der Waals surface area contributed by atoms with Crippen LogP contribution in [-0.2, 0) is 9.47 Å². The Balaban J connectivity index is 1.51. The molecule has 1 saturated heterocycles. The molecule has 0 unspecified atom stereocenters. The number of morpholine rings is 1. The summed E-state index contributed by atoms with van der Waals surface area (Å²) in [6.07, 6.45) is 6.38. The zero-order chi connectivity index (χ0) is 22.0. The van der Waals surface area contributed by atoms with Crippen LogP contribution in [0.15, 0.2) is 43.0 Å². The summed E-state index contributed by atoms with van der Waals surface area (Å²) in [5, 5.41) is 0. The van der Waals surface area contributed by atoms with Gasteiger partial charge in [0, 0.05) is 24.8 Å². The van der Waals surface area contributed by atoms with Crippen molar-refractivity contribution in [3.05, 3.63) is 43.0 Å². The fraction of sp³-hybridized carbons (Fsp3) is 0.435. The van der Waals surface area contributed by atoms with Crippen molar-refractivity contribution < 1.29 is 19.0 Å². The van der Waals surface area contributed by atoms with Crippen molar-refractivity contribution in [1.29, 1.82) is 0 Å². The van der Waals surface area contributed by atoms with Crippen molar-refractivity contribution in [3.63, 3.8) is 0 Å². The minimum absolute atomic E-state index is 0.113. The highest BCUT2D eigenvalue weighted by Crippen LogP contribution is 2.30. The zero-order valence-corrected chi connectivity index (χ0v) is 18.3. The molecule has 0 spiro atoms. The summed E-state index contributed by atoms with van der Waals surface area (Å²) in [6, 6.07) is 5.94. The highest BCUT2D eigenvalue weighted by molar-refractivity contribution is 5.86. The predicted molar refractivity (Wildman–Crippen MR) is 117 cm³/mol. The van der Waals surface area contributed by atoms with E-state index in [1.165, 1.54) is 0 Å². The fourth-order valence-corrected chi connectivity index (χ4v) is 3.62. The average molecular weight is 425 g/mol. The van der Waals surface area contributed by atoms with Gasteiger partial charge in [-0.3, -0.25) is 4.98 Å². The minimum Gasteiger partial charge on any atom is -0.488 e. The third-order valence-electron chi connectivity index (χ3n) is 4.87. The Kier molecular flexibility index (Phi) is 5.82. The van der Waals surface area contributed by atoms with E-state index in [9.17, 15) is 4.79 Å². The molecule has 0 saturated carbocycles. The minimum atomic E-state index is -0.541. The summed E-state index contributed by atoms with van der Waals surface area (Å²) in [5.74, 6) is 0.632. The van der Waals surface area contributed by atoms with Gasteiger partial charge in [-0.2, -0.15) is 0 Å². The Bertz CT molecular complexity index is 1050. The van der Waals surface area contributed by atoms with Crippen LogP contribution in [0.3, 0.4) is 0 Å². The van der Waals surface area contributed by atoms with Gasteiger partial charge in [0.2, 0.25) is 0 Å². The normalized spacial score (nSPS) is 19.4. The van der Waals surface area contributed by atoms with Gasteiger partial charge in [0.25, 0.3) is 0 Å². The number of hydrogen-bond donors (Lipinski definition) is 1. The number of benzene rings is 1. The molecule has 1 aliphatic heterocycles. The first-order valence-corrected chi connectivity index (χ1v) is 10.4. The van der Waals surface area contributed by atoms with E-state index >= 15 is 0 Å². The van der Waals surface area contributed by atoms with E-state index in [0.717, 1.165) is 16.6 Å². The Morgan fingerprint density at radius 2 is 2.03 bits per heavy atom. The second kappa shape index (κ2) is 8.55. The highest BCUT2D eigenvalue weighted by atomic mass is 16.6. The lowest BCUT2D eigenvalue weighted by atomic mass is 10.1. The Morgan fingerprint density at radius 3 is 2.77 bits per heavy atom. The molecule has 3 aromatic rings. The summed E-state index contributed by atoms with van der Waals surface area (Å²) in [4.78, 5) is 26.1. The number of rotatable bonds is 4. The molecule has 3 heterocycles. The molecule has 8 heteroatoms. The standard InChI is InChI=1S/C23H28N4O4/c1-15-12-27(22(28)31-23(2,3)4)13-18(30-15)14-29-20-10-17(16-5-6-24-11-16)9-19-21(20)26-8-7-25-19/h5-11,15,18,24H,12-14H2,1-4H3/t15-,18+/m1/s1. The first-order chi connectivity index (χ1) is 14.8. The van der Waals surface area contributed by atoms with Crippen molar-refractivity contribution in [2.24, 2.45) is 0 Å². The third-order valence-corrected chi connectivity index (χ3v) is 4.87. The number of carbonyl (C=O) groups excluding carboxylic acids is 1. The number of nitrogens with zero attached hydrogens (tertiary/aromatic N) is 3. The van der Waals surface area contributed by atoms with E-state index in [1.807, 2.05) is 58.3 Å². The molecule has 4 rings (SSSR count). The van der Waals surface area contributed by atoms with Gasteiger partial charge in [-0.1, -0.05) is 0 Å². The monoisotopic (exact) mass is 424 g/mol. The van der Waals surface area contributed by atoms with Gasteiger partial charge >= 0.3 is 6.09 Å². The lowest BCUT2D eigenvalue weighted by Crippen LogP contribution is -2.52. The van der Waals surface area contributed by atoms with Crippen LogP contribution in [0.1, 0.15) is 27.7 Å². The molecule has 1 amide bonds. The molecular weight excluding hydrogens is 396 g/mol. The molecule has 0 radical (unpaired) electrons. The number of carbonyl (C=O) groups is 1. The van der Waals surface area contributed by atoms with E-state index in [-0.39, 0.29) is 24.9 Å². The van der Waals surface area contributed by atoms with Crippen LogP contribution in [-0.4, -0.2) is 63.5 Å². The first-order valence-electron chi connectivity index (χ1n) is 10.4. The Labute approximate surface area is 181 Å². The van der Waals surface area contributed by atoms with Crippen molar-refractivity contribution in [2.75, 3.05) is 19.7 Å². The quantitative estimate of drug-likeness (QED) is 0.680. The van der Waals surface area contributed by atoms with E-state index in [2.05, 4.69) is 15.0 Å². The van der Waals surface area contributed by atoms with Crippen molar-refractivity contribution >= 4 is 17.1 Å². The van der Waals surface area contributed by atoms with Crippen molar-refractivity contribution in [1.82, 2.24) is 19.9 Å². The summed E-state index contributed by atoms with van der Waals surface area (Å²) in [7, 11) is 0. The molecule has 1 N–H and O–H groups in total. The molecule has 2 atom stereocenters. The molecule has 0 aliphatic carbocycles. The van der Waals surface area contributed by atoms with Crippen LogP contribution >= 0.6 is 0 Å². The maximum atomic E-state index is 12.5. The molecule has 1 aromatic carbocycles. The van der Waals surface area contributed by atoms with Gasteiger partial charge in [0.05, 0.1) is 24.7 Å². The third kappa shape index (κ3) is 5.14. The maximum Gasteiger partial charge on any atom is 0.410 e. The van der Waals surface area contributed by atoms with E-state index < -0.39 is 5.60 Å². The Morgan fingerprint density at radius 1 is 1.23 bits per heavy atom. The van der Waals surface area contributed by atoms with Crippen LogP contribution in [0.5, 0.6) is 5.75 Å². The van der Waals surface area contributed by atoms with Crippen molar-refractivity contribution in [3.8, 4) is 16.9 Å². The number of ether oxygens (including phenoxy) is 3. The number of hydrogen-bond acceptors (Lipinski definition) is 6. The molecule has 8 nitrogen and oxygen atoms in total. The number of amides is 1. The largest absolute Gasteiger partial charge is 0.488 e. The Hall–Kier alpha value is -3.13. The van der Waals surface area contributed by atoms with E-state index in [1.54, 1.807) is 17.3 Å². The molecule has 0 bridgehead atoms. The average Bonchev–Trinajstić information content (AvgIpc) is 3.25. The second-order valence-electron chi connectivity index (χ2n) is 8.76. The SMILES string of the molecule is C[C@@H]1CN(C(=O)OC(C)(C)C)C[C@@H](COc2cc(-c3cc[nH]c3)cc3nccnc23)O1. The maximum absolute atomic E-state index is 12.5. The number of aromatic amines is 1. The molecule has 2 aromatic heterocycles. The summed E-state index contributed by atoms with van der Waals surface area (Å²) in [6.45, 7) is 8.70. The smallest absolute Gasteiger partial charge is 0.410 e. The number of H-pyrrole nitrogens is 1. The predicted octanol–water partition coefficient (Wildman–Crippen LogP) is 4.03. The molecule has 164 valence electrons. The zero-order valence-electron chi connectivity index (χ0n) is 18.3. The van der Waals surface area contributed by atoms with Crippen molar-refractivity contribution in [2.45, 2.75) is 45.5 Å².